The van der Waals surface area contributed by atoms with E-state index in [4.69, 9.17) is 19.4 Å². The van der Waals surface area contributed by atoms with Gasteiger partial charge in [-0.2, -0.15) is 9.97 Å². The van der Waals surface area contributed by atoms with Gasteiger partial charge in [0.1, 0.15) is 11.2 Å². The zero-order chi connectivity index (χ0) is 39.8. The molecule has 2 aliphatic rings. The molecule has 0 aliphatic heterocycles. The van der Waals surface area contributed by atoms with Gasteiger partial charge in [-0.25, -0.2) is 4.98 Å². The molecule has 0 atom stereocenters. The molecule has 3 heterocycles. The molecular weight excluding hydrogens is 745 g/mol. The number of furan rings is 1. The Labute approximate surface area is 349 Å². The van der Waals surface area contributed by atoms with Gasteiger partial charge in [-0.15, -0.1) is 0 Å². The van der Waals surface area contributed by atoms with E-state index in [2.05, 4.69) is 162 Å². The number of nitrogens with zero attached hydrogens (tertiary/aromatic N) is 4. The van der Waals surface area contributed by atoms with E-state index < -0.39 is 5.41 Å². The van der Waals surface area contributed by atoms with Gasteiger partial charge >= 0.3 is 0 Å². The minimum Gasteiger partial charge on any atom is -0.456 e. The summed E-state index contributed by atoms with van der Waals surface area (Å²) in [6, 6.07) is 69.4. The lowest BCUT2D eigenvalue weighted by molar-refractivity contribution is 0.669. The molecule has 61 heavy (non-hydrogen) atoms. The fourth-order valence-corrected chi connectivity index (χ4v) is 10.9. The molecule has 9 aromatic carbocycles. The molecule has 0 bridgehead atoms. The summed E-state index contributed by atoms with van der Waals surface area (Å²) in [5.41, 5.74) is 15.1. The molecule has 0 radical (unpaired) electrons. The maximum atomic E-state index is 6.59. The van der Waals surface area contributed by atoms with Gasteiger partial charge in [-0.05, 0) is 85.6 Å². The number of aromatic nitrogens is 4. The highest BCUT2D eigenvalue weighted by molar-refractivity contribution is 6.26. The Morgan fingerprint density at radius 2 is 1.00 bits per heavy atom. The van der Waals surface area contributed by atoms with Crippen LogP contribution in [0.2, 0.25) is 0 Å². The van der Waals surface area contributed by atoms with Crippen molar-refractivity contribution in [3.63, 3.8) is 0 Å². The first-order valence-electron chi connectivity index (χ1n) is 20.8. The van der Waals surface area contributed by atoms with Crippen LogP contribution in [0.1, 0.15) is 22.3 Å². The van der Waals surface area contributed by atoms with Crippen molar-refractivity contribution >= 4 is 54.5 Å². The van der Waals surface area contributed by atoms with Crippen molar-refractivity contribution in [3.8, 4) is 51.0 Å². The molecule has 14 rings (SSSR count). The van der Waals surface area contributed by atoms with Crippen LogP contribution in [-0.4, -0.2) is 19.5 Å². The Hall–Kier alpha value is -8.15. The summed E-state index contributed by atoms with van der Waals surface area (Å²) in [5.74, 6) is 1.76. The average Bonchev–Trinajstić information content (AvgIpc) is 3.98. The van der Waals surface area contributed by atoms with Crippen LogP contribution < -0.4 is 0 Å². The molecule has 12 aromatic rings. The molecule has 0 amide bonds. The van der Waals surface area contributed by atoms with E-state index in [-0.39, 0.29) is 0 Å². The van der Waals surface area contributed by atoms with Crippen LogP contribution >= 0.6 is 0 Å². The Balaban J connectivity index is 1.07. The molecule has 5 nitrogen and oxygen atoms in total. The maximum Gasteiger partial charge on any atom is 0.238 e. The first kappa shape index (κ1) is 32.8. The summed E-state index contributed by atoms with van der Waals surface area (Å²) in [6.07, 6.45) is 0. The molecular formula is C56H32N4O. The van der Waals surface area contributed by atoms with Crippen molar-refractivity contribution in [2.24, 2.45) is 0 Å². The third kappa shape index (κ3) is 4.26. The minimum atomic E-state index is -0.502. The number of hydrogen-bond acceptors (Lipinski definition) is 4. The molecule has 2 aliphatic carbocycles. The first-order valence-corrected chi connectivity index (χ1v) is 20.8. The standard InChI is InChI=1S/C56H32N4O/c1-3-14-33(15-4-1)36-28-30-39-48(32-36)61-47-27-12-21-40(50(39)47)54-57-53(35-16-5-2-6-17-35)58-55(59-54)60-45-26-13-25-44-51(45)52-46(60)31-29-34-18-11-24-43(49(34)52)56(44)41-22-9-7-19-37(41)38-20-8-10-23-42(38)56/h1-32H. The fourth-order valence-electron chi connectivity index (χ4n) is 10.9. The highest BCUT2D eigenvalue weighted by atomic mass is 16.3. The summed E-state index contributed by atoms with van der Waals surface area (Å²) >= 11 is 0. The van der Waals surface area contributed by atoms with E-state index in [1.165, 1.54) is 54.9 Å². The highest BCUT2D eigenvalue weighted by Crippen LogP contribution is 2.62. The smallest absolute Gasteiger partial charge is 0.238 e. The number of fused-ring (bicyclic) bond motifs is 10. The highest BCUT2D eigenvalue weighted by Gasteiger charge is 2.50. The van der Waals surface area contributed by atoms with Crippen LogP contribution in [0.4, 0.5) is 0 Å². The van der Waals surface area contributed by atoms with E-state index >= 15 is 0 Å². The number of benzene rings is 9. The van der Waals surface area contributed by atoms with Gasteiger partial charge in [0, 0.05) is 32.7 Å². The monoisotopic (exact) mass is 776 g/mol. The lowest BCUT2D eigenvalue weighted by Crippen LogP contribution is -2.30. The van der Waals surface area contributed by atoms with Crippen LogP contribution in [0.3, 0.4) is 0 Å². The summed E-state index contributed by atoms with van der Waals surface area (Å²) in [5, 5.41) is 6.94. The van der Waals surface area contributed by atoms with Crippen LogP contribution in [0, 0.1) is 0 Å². The fraction of sp³-hybridized carbons (Fsp3) is 0.0179. The second kappa shape index (κ2) is 12.0. The van der Waals surface area contributed by atoms with Crippen LogP contribution in [0.5, 0.6) is 0 Å². The van der Waals surface area contributed by atoms with Crippen LogP contribution in [0.25, 0.3) is 105 Å². The van der Waals surface area contributed by atoms with E-state index in [1.807, 2.05) is 36.4 Å². The lowest BCUT2D eigenvalue weighted by atomic mass is 9.63. The largest absolute Gasteiger partial charge is 0.456 e. The molecule has 5 heteroatoms. The van der Waals surface area contributed by atoms with Gasteiger partial charge in [0.25, 0.3) is 0 Å². The van der Waals surface area contributed by atoms with Gasteiger partial charge in [0.15, 0.2) is 11.6 Å². The van der Waals surface area contributed by atoms with Crippen molar-refractivity contribution < 1.29 is 4.42 Å². The maximum absolute atomic E-state index is 6.59. The topological polar surface area (TPSA) is 56.7 Å². The summed E-state index contributed by atoms with van der Waals surface area (Å²) in [4.78, 5) is 16.1. The molecule has 0 fully saturated rings. The quantitative estimate of drug-likeness (QED) is 0.179. The number of hydrogen-bond donors (Lipinski definition) is 0. The van der Waals surface area contributed by atoms with Gasteiger partial charge in [0.2, 0.25) is 5.95 Å². The molecule has 0 saturated carbocycles. The second-order valence-corrected chi connectivity index (χ2v) is 16.2. The summed E-state index contributed by atoms with van der Waals surface area (Å²) < 4.78 is 8.86. The molecule has 0 saturated heterocycles. The number of rotatable bonds is 4. The van der Waals surface area contributed by atoms with Gasteiger partial charge < -0.3 is 4.42 Å². The van der Waals surface area contributed by atoms with Crippen LogP contribution in [-0.2, 0) is 5.41 Å². The Kier molecular flexibility index (Phi) is 6.43. The second-order valence-electron chi connectivity index (χ2n) is 16.2. The van der Waals surface area contributed by atoms with Crippen molar-refractivity contribution in [1.82, 2.24) is 19.5 Å². The van der Waals surface area contributed by atoms with E-state index in [0.29, 0.717) is 17.6 Å². The predicted octanol–water partition coefficient (Wildman–Crippen LogP) is 13.7. The average molecular weight is 777 g/mol. The minimum absolute atomic E-state index is 0.502. The Bertz CT molecular complexity index is 3780. The third-order valence-electron chi connectivity index (χ3n) is 13.3. The van der Waals surface area contributed by atoms with Crippen molar-refractivity contribution in [3.05, 3.63) is 216 Å². The van der Waals surface area contributed by atoms with Crippen molar-refractivity contribution in [1.29, 1.82) is 0 Å². The molecule has 282 valence electrons. The Morgan fingerprint density at radius 1 is 0.377 bits per heavy atom. The SMILES string of the molecule is c1ccc(-c2ccc3c(c2)oc2cccc(-c4nc(-c5ccccc5)nc(-n5c6cccc7c6c6c8c(cccc8ccc65)C75c6ccccc6-c6ccccc65)n4)c23)cc1. The predicted molar refractivity (Wildman–Crippen MR) is 246 cm³/mol. The lowest BCUT2D eigenvalue weighted by Gasteiger charge is -2.37. The first-order chi connectivity index (χ1) is 30.3. The summed E-state index contributed by atoms with van der Waals surface area (Å²) in [6.45, 7) is 0. The van der Waals surface area contributed by atoms with E-state index in [1.54, 1.807) is 0 Å². The molecule has 1 spiro atoms. The van der Waals surface area contributed by atoms with E-state index in [9.17, 15) is 0 Å². The van der Waals surface area contributed by atoms with Crippen molar-refractivity contribution in [2.75, 3.05) is 0 Å². The Morgan fingerprint density at radius 3 is 1.79 bits per heavy atom. The van der Waals surface area contributed by atoms with Crippen LogP contribution in [0.15, 0.2) is 199 Å². The van der Waals surface area contributed by atoms with Gasteiger partial charge in [-0.3, -0.25) is 4.57 Å². The molecule has 0 N–H and O–H groups in total. The van der Waals surface area contributed by atoms with Gasteiger partial charge in [0.05, 0.1) is 16.4 Å². The van der Waals surface area contributed by atoms with Gasteiger partial charge in [-0.1, -0.05) is 164 Å². The third-order valence-corrected chi connectivity index (χ3v) is 13.3. The zero-order valence-electron chi connectivity index (χ0n) is 32.7. The molecule has 3 aromatic heterocycles. The van der Waals surface area contributed by atoms with Crippen molar-refractivity contribution in [2.45, 2.75) is 5.41 Å². The normalized spacial score (nSPS) is 13.4. The summed E-state index contributed by atoms with van der Waals surface area (Å²) in [7, 11) is 0. The van der Waals surface area contributed by atoms with E-state index in [0.717, 1.165) is 55.2 Å². The molecule has 0 unspecified atom stereocenters. The zero-order valence-corrected chi connectivity index (χ0v) is 32.7.